The van der Waals surface area contributed by atoms with Crippen molar-refractivity contribution in [1.82, 2.24) is 20.0 Å². The van der Waals surface area contributed by atoms with Crippen molar-refractivity contribution in [3.05, 3.63) is 48.3 Å². The van der Waals surface area contributed by atoms with Crippen LogP contribution < -0.4 is 5.32 Å². The molecule has 2 aromatic rings. The lowest BCUT2D eigenvalue weighted by Gasteiger charge is -2.31. The van der Waals surface area contributed by atoms with Crippen LogP contribution in [0.1, 0.15) is 24.8 Å². The van der Waals surface area contributed by atoms with E-state index in [1.165, 1.54) is 37.9 Å². The van der Waals surface area contributed by atoms with Crippen molar-refractivity contribution >= 4 is 0 Å². The Morgan fingerprint density at radius 2 is 1.95 bits per heavy atom. The summed E-state index contributed by atoms with van der Waals surface area (Å²) in [5, 5.41) is 7.75. The van der Waals surface area contributed by atoms with E-state index in [2.05, 4.69) is 33.6 Å². The number of para-hydroxylation sites is 1. The lowest BCUT2D eigenvalue weighted by Crippen LogP contribution is -2.33. The maximum absolute atomic E-state index is 4.49. The van der Waals surface area contributed by atoms with Crippen LogP contribution in [0.3, 0.4) is 0 Å². The number of aromatic nitrogens is 2. The average molecular weight is 298 g/mol. The first-order valence-electron chi connectivity index (χ1n) is 8.31. The third kappa shape index (κ3) is 3.96. The SMILES string of the molecule is CNCCC1CCN(Cc2cnn(-c3ccccc3)c2)CC1. The van der Waals surface area contributed by atoms with E-state index in [9.17, 15) is 0 Å². The third-order valence-electron chi connectivity index (χ3n) is 4.57. The van der Waals surface area contributed by atoms with Crippen molar-refractivity contribution in [2.75, 3.05) is 26.7 Å². The summed E-state index contributed by atoms with van der Waals surface area (Å²) in [4.78, 5) is 2.56. The molecule has 0 bridgehead atoms. The van der Waals surface area contributed by atoms with E-state index in [1.54, 1.807) is 0 Å². The zero-order valence-corrected chi connectivity index (χ0v) is 13.4. The first-order chi connectivity index (χ1) is 10.8. The van der Waals surface area contributed by atoms with Crippen molar-refractivity contribution in [2.24, 2.45) is 5.92 Å². The Morgan fingerprint density at radius 3 is 2.68 bits per heavy atom. The summed E-state index contributed by atoms with van der Waals surface area (Å²) < 4.78 is 1.97. The molecule has 1 aliphatic heterocycles. The maximum atomic E-state index is 4.49. The highest BCUT2D eigenvalue weighted by molar-refractivity contribution is 5.30. The molecular weight excluding hydrogens is 272 g/mol. The summed E-state index contributed by atoms with van der Waals surface area (Å²) in [5.41, 5.74) is 2.43. The molecule has 1 fully saturated rings. The number of likely N-dealkylation sites (tertiary alicyclic amines) is 1. The van der Waals surface area contributed by atoms with Crippen molar-refractivity contribution in [3.63, 3.8) is 0 Å². The molecule has 2 heterocycles. The van der Waals surface area contributed by atoms with Gasteiger partial charge in [0, 0.05) is 18.3 Å². The summed E-state index contributed by atoms with van der Waals surface area (Å²) in [6, 6.07) is 10.3. The number of nitrogens with zero attached hydrogens (tertiary/aromatic N) is 3. The Morgan fingerprint density at radius 1 is 1.18 bits per heavy atom. The first-order valence-corrected chi connectivity index (χ1v) is 8.31. The van der Waals surface area contributed by atoms with Gasteiger partial charge >= 0.3 is 0 Å². The molecule has 0 spiro atoms. The molecule has 0 atom stereocenters. The van der Waals surface area contributed by atoms with Gasteiger partial charge in [0.2, 0.25) is 0 Å². The number of piperidine rings is 1. The van der Waals surface area contributed by atoms with Gasteiger partial charge < -0.3 is 5.32 Å². The molecule has 0 radical (unpaired) electrons. The average Bonchev–Trinajstić information content (AvgIpc) is 3.04. The molecule has 3 rings (SSSR count). The van der Waals surface area contributed by atoms with Gasteiger partial charge in [0.1, 0.15) is 0 Å². The van der Waals surface area contributed by atoms with Crippen LogP contribution in [0.2, 0.25) is 0 Å². The molecule has 4 heteroatoms. The molecule has 0 saturated carbocycles. The molecule has 0 amide bonds. The second-order valence-corrected chi connectivity index (χ2v) is 6.24. The number of benzene rings is 1. The van der Waals surface area contributed by atoms with Crippen molar-refractivity contribution < 1.29 is 0 Å². The molecule has 1 N–H and O–H groups in total. The van der Waals surface area contributed by atoms with E-state index < -0.39 is 0 Å². The first kappa shape index (κ1) is 15.3. The van der Waals surface area contributed by atoms with Gasteiger partial charge in [0.25, 0.3) is 0 Å². The number of hydrogen-bond acceptors (Lipinski definition) is 3. The Kier molecular flexibility index (Phi) is 5.24. The standard InChI is InChI=1S/C18H26N4/c1-19-10-7-16-8-11-21(12-9-16)14-17-13-20-22(15-17)18-5-3-2-4-6-18/h2-6,13,15-16,19H,7-12,14H2,1H3. The topological polar surface area (TPSA) is 33.1 Å². The molecule has 0 aliphatic carbocycles. The quantitative estimate of drug-likeness (QED) is 0.890. The highest BCUT2D eigenvalue weighted by atomic mass is 15.3. The molecule has 4 nitrogen and oxygen atoms in total. The van der Waals surface area contributed by atoms with E-state index in [-0.39, 0.29) is 0 Å². The molecule has 0 unspecified atom stereocenters. The lowest BCUT2D eigenvalue weighted by molar-refractivity contribution is 0.172. The molecule has 1 aromatic carbocycles. The predicted molar refractivity (Wildman–Crippen MR) is 90.1 cm³/mol. The molecule has 1 aromatic heterocycles. The number of nitrogens with one attached hydrogen (secondary N) is 1. The highest BCUT2D eigenvalue weighted by Crippen LogP contribution is 2.21. The smallest absolute Gasteiger partial charge is 0.0645 e. The Balaban J connectivity index is 1.51. The molecule has 1 aliphatic rings. The van der Waals surface area contributed by atoms with Gasteiger partial charge in [-0.2, -0.15) is 5.10 Å². The fourth-order valence-corrected chi connectivity index (χ4v) is 3.20. The van der Waals surface area contributed by atoms with Crippen LogP contribution in [0.5, 0.6) is 0 Å². The zero-order valence-electron chi connectivity index (χ0n) is 13.4. The van der Waals surface area contributed by atoms with E-state index in [0.717, 1.165) is 24.7 Å². The van der Waals surface area contributed by atoms with Crippen LogP contribution in [0.15, 0.2) is 42.7 Å². The highest BCUT2D eigenvalue weighted by Gasteiger charge is 2.19. The van der Waals surface area contributed by atoms with Gasteiger partial charge in [-0.25, -0.2) is 4.68 Å². The second-order valence-electron chi connectivity index (χ2n) is 6.24. The van der Waals surface area contributed by atoms with Gasteiger partial charge in [-0.3, -0.25) is 4.90 Å². The largest absolute Gasteiger partial charge is 0.320 e. The van der Waals surface area contributed by atoms with Crippen molar-refractivity contribution in [2.45, 2.75) is 25.8 Å². The van der Waals surface area contributed by atoms with E-state index in [4.69, 9.17) is 0 Å². The summed E-state index contributed by atoms with van der Waals surface area (Å²) in [5.74, 6) is 0.899. The van der Waals surface area contributed by atoms with E-state index in [0.29, 0.717) is 0 Å². The number of hydrogen-bond donors (Lipinski definition) is 1. The maximum Gasteiger partial charge on any atom is 0.0645 e. The van der Waals surface area contributed by atoms with Gasteiger partial charge in [-0.15, -0.1) is 0 Å². The Labute approximate surface area is 133 Å². The minimum absolute atomic E-state index is 0.899. The Hall–Kier alpha value is -1.65. The summed E-state index contributed by atoms with van der Waals surface area (Å²) in [7, 11) is 2.04. The molecule has 22 heavy (non-hydrogen) atoms. The van der Waals surface area contributed by atoms with Gasteiger partial charge in [0.05, 0.1) is 11.9 Å². The van der Waals surface area contributed by atoms with E-state index in [1.807, 2.05) is 36.1 Å². The van der Waals surface area contributed by atoms with Crippen LogP contribution in [0.4, 0.5) is 0 Å². The predicted octanol–water partition coefficient (Wildman–Crippen LogP) is 2.69. The summed E-state index contributed by atoms with van der Waals surface area (Å²) >= 11 is 0. The fraction of sp³-hybridized carbons (Fsp3) is 0.500. The van der Waals surface area contributed by atoms with Crippen LogP contribution in [0.25, 0.3) is 5.69 Å². The van der Waals surface area contributed by atoms with Crippen LogP contribution in [-0.2, 0) is 6.54 Å². The van der Waals surface area contributed by atoms with E-state index >= 15 is 0 Å². The van der Waals surface area contributed by atoms with Crippen LogP contribution in [-0.4, -0.2) is 41.4 Å². The van der Waals surface area contributed by atoms with Gasteiger partial charge in [0.15, 0.2) is 0 Å². The Bertz CT molecular complexity index is 555. The fourth-order valence-electron chi connectivity index (χ4n) is 3.20. The molecule has 1 saturated heterocycles. The monoisotopic (exact) mass is 298 g/mol. The van der Waals surface area contributed by atoms with Crippen LogP contribution >= 0.6 is 0 Å². The van der Waals surface area contributed by atoms with Crippen LogP contribution in [0, 0.1) is 5.92 Å². The van der Waals surface area contributed by atoms with Crippen molar-refractivity contribution in [3.8, 4) is 5.69 Å². The summed E-state index contributed by atoms with van der Waals surface area (Å²) in [6.07, 6.45) is 8.13. The minimum Gasteiger partial charge on any atom is -0.320 e. The van der Waals surface area contributed by atoms with Gasteiger partial charge in [-0.05, 0) is 64.0 Å². The molecule has 118 valence electrons. The number of rotatable bonds is 6. The lowest BCUT2D eigenvalue weighted by atomic mass is 9.93. The minimum atomic E-state index is 0.899. The van der Waals surface area contributed by atoms with Crippen molar-refractivity contribution in [1.29, 1.82) is 0 Å². The summed E-state index contributed by atoms with van der Waals surface area (Å²) in [6.45, 7) is 4.59. The second kappa shape index (κ2) is 7.56. The third-order valence-corrected chi connectivity index (χ3v) is 4.57. The van der Waals surface area contributed by atoms with Gasteiger partial charge in [-0.1, -0.05) is 18.2 Å². The normalized spacial score (nSPS) is 17.0. The zero-order chi connectivity index (χ0) is 15.2. The molecular formula is C18H26N4.